The van der Waals surface area contributed by atoms with Gasteiger partial charge in [-0.1, -0.05) is 6.92 Å². The minimum Gasteiger partial charge on any atom is -0.384 e. The van der Waals surface area contributed by atoms with Gasteiger partial charge in [0.1, 0.15) is 0 Å². The molecule has 1 heterocycles. The van der Waals surface area contributed by atoms with E-state index in [0.29, 0.717) is 0 Å². The average Bonchev–Trinajstić information content (AvgIpc) is 2.45. The molecule has 3 nitrogen and oxygen atoms in total. The van der Waals surface area contributed by atoms with Gasteiger partial charge in [0.05, 0.1) is 6.61 Å². The van der Waals surface area contributed by atoms with E-state index in [9.17, 15) is 0 Å². The predicted octanol–water partition coefficient (Wildman–Crippen LogP) is 0.550. The molecule has 0 aromatic rings. The fraction of sp³-hybridized carbons (Fsp3) is 1.00. The lowest BCUT2D eigenvalue weighted by Gasteiger charge is -2.14. The van der Waals surface area contributed by atoms with Gasteiger partial charge in [-0.25, -0.2) is 0 Å². The summed E-state index contributed by atoms with van der Waals surface area (Å²) in [7, 11) is 1.79. The Balaban J connectivity index is 2.23. The fourth-order valence-electron chi connectivity index (χ4n) is 2.07. The van der Waals surface area contributed by atoms with Crippen molar-refractivity contribution in [1.29, 1.82) is 0 Å². The lowest BCUT2D eigenvalue weighted by Crippen LogP contribution is -2.24. The second-order valence-electron chi connectivity index (χ2n) is 4.09. The summed E-state index contributed by atoms with van der Waals surface area (Å²) >= 11 is 0. The molecule has 0 saturated carbocycles. The molecule has 2 N–H and O–H groups in total. The molecule has 0 bridgehead atoms. The molecule has 0 spiro atoms. The zero-order chi connectivity index (χ0) is 9.68. The summed E-state index contributed by atoms with van der Waals surface area (Å²) in [5.74, 6) is 1.50. The molecule has 0 aromatic carbocycles. The number of ether oxygens (including phenoxy) is 1. The van der Waals surface area contributed by atoms with Gasteiger partial charge in [-0.15, -0.1) is 0 Å². The summed E-state index contributed by atoms with van der Waals surface area (Å²) in [6.07, 6.45) is 1.12. The second-order valence-corrected chi connectivity index (χ2v) is 4.09. The minimum atomic E-state index is 0.725. The number of rotatable bonds is 5. The number of nitrogens with two attached hydrogens (primary N) is 1. The van der Waals surface area contributed by atoms with Crippen LogP contribution in [0.15, 0.2) is 0 Å². The summed E-state index contributed by atoms with van der Waals surface area (Å²) in [5.41, 5.74) is 5.48. The van der Waals surface area contributed by atoms with Crippen molar-refractivity contribution in [3.05, 3.63) is 0 Å². The number of hydrogen-bond donors (Lipinski definition) is 1. The molecule has 78 valence electrons. The highest BCUT2D eigenvalue weighted by Crippen LogP contribution is 2.22. The molecule has 0 radical (unpaired) electrons. The van der Waals surface area contributed by atoms with Crippen molar-refractivity contribution in [3.63, 3.8) is 0 Å². The first-order valence-electron chi connectivity index (χ1n) is 5.19. The largest absolute Gasteiger partial charge is 0.384 e. The van der Waals surface area contributed by atoms with Crippen molar-refractivity contribution in [2.75, 3.05) is 39.9 Å². The van der Waals surface area contributed by atoms with Gasteiger partial charge in [0.25, 0.3) is 0 Å². The Kier molecular flexibility index (Phi) is 4.70. The van der Waals surface area contributed by atoms with E-state index in [1.54, 1.807) is 7.11 Å². The molecule has 0 amide bonds. The molecular weight excluding hydrogens is 164 g/mol. The van der Waals surface area contributed by atoms with Crippen molar-refractivity contribution in [2.24, 2.45) is 17.6 Å². The van der Waals surface area contributed by atoms with Crippen LogP contribution in [0.1, 0.15) is 13.3 Å². The predicted molar refractivity (Wildman–Crippen MR) is 54.6 cm³/mol. The molecule has 1 aliphatic heterocycles. The number of methoxy groups -OCH3 is 1. The van der Waals surface area contributed by atoms with E-state index in [1.807, 2.05) is 0 Å². The first-order chi connectivity index (χ1) is 6.27. The molecule has 2 atom stereocenters. The summed E-state index contributed by atoms with van der Waals surface area (Å²) in [6.45, 7) is 7.58. The van der Waals surface area contributed by atoms with Crippen LogP contribution < -0.4 is 5.73 Å². The van der Waals surface area contributed by atoms with E-state index >= 15 is 0 Å². The van der Waals surface area contributed by atoms with Crippen LogP contribution in [0, 0.1) is 11.8 Å². The molecule has 13 heavy (non-hydrogen) atoms. The Morgan fingerprint density at radius 3 is 2.85 bits per heavy atom. The molecular formula is C10H22N2O. The maximum atomic E-state index is 5.48. The van der Waals surface area contributed by atoms with E-state index in [-0.39, 0.29) is 0 Å². The van der Waals surface area contributed by atoms with Crippen molar-refractivity contribution in [3.8, 4) is 0 Å². The summed E-state index contributed by atoms with van der Waals surface area (Å²) in [6, 6.07) is 0. The summed E-state index contributed by atoms with van der Waals surface area (Å²) < 4.78 is 5.20. The highest BCUT2D eigenvalue weighted by atomic mass is 16.5. The third kappa shape index (κ3) is 3.25. The van der Waals surface area contributed by atoms with E-state index in [1.165, 1.54) is 13.1 Å². The van der Waals surface area contributed by atoms with Crippen LogP contribution in [0.25, 0.3) is 0 Å². The number of likely N-dealkylation sites (tertiary alicyclic amines) is 1. The van der Waals surface area contributed by atoms with Crippen LogP contribution >= 0.6 is 0 Å². The minimum absolute atomic E-state index is 0.725. The molecule has 0 unspecified atom stereocenters. The van der Waals surface area contributed by atoms with Crippen molar-refractivity contribution in [2.45, 2.75) is 13.3 Å². The Hall–Kier alpha value is -0.120. The second kappa shape index (κ2) is 5.58. The number of hydrogen-bond acceptors (Lipinski definition) is 3. The SMILES string of the molecule is COC[C@H]1CN(CCCN)C[C@@H]1C. The van der Waals surface area contributed by atoms with Crippen LogP contribution in [0.3, 0.4) is 0 Å². The van der Waals surface area contributed by atoms with Crippen molar-refractivity contribution in [1.82, 2.24) is 4.90 Å². The first kappa shape index (κ1) is 11.0. The molecule has 1 aliphatic rings. The van der Waals surface area contributed by atoms with E-state index in [2.05, 4.69) is 11.8 Å². The van der Waals surface area contributed by atoms with Gasteiger partial charge in [0.15, 0.2) is 0 Å². The quantitative estimate of drug-likeness (QED) is 0.681. The van der Waals surface area contributed by atoms with Gasteiger partial charge in [0.2, 0.25) is 0 Å². The third-order valence-electron chi connectivity index (χ3n) is 2.90. The van der Waals surface area contributed by atoms with Crippen LogP contribution in [-0.4, -0.2) is 44.8 Å². The first-order valence-corrected chi connectivity index (χ1v) is 5.19. The normalized spacial score (nSPS) is 29.8. The van der Waals surface area contributed by atoms with Crippen LogP contribution in [0.4, 0.5) is 0 Å². The molecule has 0 aliphatic carbocycles. The molecule has 1 rings (SSSR count). The van der Waals surface area contributed by atoms with Gasteiger partial charge in [-0.2, -0.15) is 0 Å². The zero-order valence-electron chi connectivity index (χ0n) is 8.83. The van der Waals surface area contributed by atoms with Gasteiger partial charge in [0, 0.05) is 20.2 Å². The summed E-state index contributed by atoms with van der Waals surface area (Å²) in [5, 5.41) is 0. The standard InChI is InChI=1S/C10H22N2O/c1-9-6-12(5-3-4-11)7-10(9)8-13-2/h9-10H,3-8,11H2,1-2H3/t9-,10+/m0/s1. The maximum Gasteiger partial charge on any atom is 0.0505 e. The van der Waals surface area contributed by atoms with Crippen LogP contribution in [0.5, 0.6) is 0 Å². The Labute approximate surface area is 81.2 Å². The van der Waals surface area contributed by atoms with E-state index in [0.717, 1.165) is 38.0 Å². The summed E-state index contributed by atoms with van der Waals surface area (Å²) in [4.78, 5) is 2.50. The maximum absolute atomic E-state index is 5.48. The van der Waals surface area contributed by atoms with Gasteiger partial charge in [-0.05, 0) is 31.3 Å². The van der Waals surface area contributed by atoms with Crippen molar-refractivity contribution >= 4 is 0 Å². The molecule has 0 aromatic heterocycles. The number of nitrogens with zero attached hydrogens (tertiary/aromatic N) is 1. The molecule has 1 fully saturated rings. The van der Waals surface area contributed by atoms with Crippen LogP contribution in [-0.2, 0) is 4.74 Å². The Morgan fingerprint density at radius 2 is 2.23 bits per heavy atom. The highest BCUT2D eigenvalue weighted by Gasteiger charge is 2.28. The van der Waals surface area contributed by atoms with Gasteiger partial charge in [-0.3, -0.25) is 0 Å². The van der Waals surface area contributed by atoms with E-state index in [4.69, 9.17) is 10.5 Å². The average molecular weight is 186 g/mol. The van der Waals surface area contributed by atoms with Crippen LogP contribution in [0.2, 0.25) is 0 Å². The lowest BCUT2D eigenvalue weighted by molar-refractivity contribution is 0.140. The Bertz CT molecular complexity index is 141. The molecule has 1 saturated heterocycles. The monoisotopic (exact) mass is 186 g/mol. The third-order valence-corrected chi connectivity index (χ3v) is 2.90. The van der Waals surface area contributed by atoms with Crippen molar-refractivity contribution < 1.29 is 4.74 Å². The highest BCUT2D eigenvalue weighted by molar-refractivity contribution is 4.80. The Morgan fingerprint density at radius 1 is 1.46 bits per heavy atom. The van der Waals surface area contributed by atoms with Gasteiger partial charge >= 0.3 is 0 Å². The topological polar surface area (TPSA) is 38.5 Å². The zero-order valence-corrected chi connectivity index (χ0v) is 8.83. The smallest absolute Gasteiger partial charge is 0.0505 e. The fourth-order valence-corrected chi connectivity index (χ4v) is 2.07. The molecule has 3 heteroatoms. The van der Waals surface area contributed by atoms with Gasteiger partial charge < -0.3 is 15.4 Å². The van der Waals surface area contributed by atoms with E-state index < -0.39 is 0 Å². The lowest BCUT2D eigenvalue weighted by atomic mass is 10.00.